The molecule has 2 aliphatic carbocycles. The van der Waals surface area contributed by atoms with Gasteiger partial charge in [-0.15, -0.1) is 0 Å². The number of carboxylic acids is 1. The van der Waals surface area contributed by atoms with Gasteiger partial charge >= 0.3 is 12.1 Å². The van der Waals surface area contributed by atoms with E-state index in [-0.39, 0.29) is 25.0 Å². The summed E-state index contributed by atoms with van der Waals surface area (Å²) in [5, 5.41) is 12.1. The van der Waals surface area contributed by atoms with Crippen LogP contribution in [0.3, 0.4) is 0 Å². The fourth-order valence-electron chi connectivity index (χ4n) is 5.55. The number of hydrogen-bond donors (Lipinski definition) is 2. The van der Waals surface area contributed by atoms with E-state index >= 15 is 0 Å². The molecule has 2 amide bonds. The third kappa shape index (κ3) is 3.95. The Labute approximate surface area is 198 Å². The van der Waals surface area contributed by atoms with Crippen LogP contribution >= 0.6 is 0 Å². The smallest absolute Gasteiger partial charge is 0.408 e. The number of nitrogens with zero attached hydrogens (tertiary/aromatic N) is 1. The molecule has 7 heteroatoms. The zero-order valence-corrected chi connectivity index (χ0v) is 19.0. The maximum atomic E-state index is 13.4. The van der Waals surface area contributed by atoms with Gasteiger partial charge in [-0.3, -0.25) is 4.79 Å². The molecule has 0 bridgehead atoms. The van der Waals surface area contributed by atoms with E-state index in [0.29, 0.717) is 31.4 Å². The fourth-order valence-corrected chi connectivity index (χ4v) is 5.55. The van der Waals surface area contributed by atoms with Crippen LogP contribution < -0.4 is 5.32 Å². The molecule has 2 aromatic carbocycles. The zero-order chi connectivity index (χ0) is 23.7. The van der Waals surface area contributed by atoms with Crippen LogP contribution in [0.15, 0.2) is 60.2 Å². The van der Waals surface area contributed by atoms with Gasteiger partial charge in [-0.2, -0.15) is 0 Å². The number of fused-ring (bicyclic) bond motifs is 3. The fraction of sp³-hybridized carbons (Fsp3) is 0.370. The van der Waals surface area contributed by atoms with E-state index < -0.39 is 17.6 Å². The van der Waals surface area contributed by atoms with Gasteiger partial charge in [0.15, 0.2) is 0 Å². The molecule has 34 heavy (non-hydrogen) atoms. The second-order valence-electron chi connectivity index (χ2n) is 9.28. The molecule has 1 fully saturated rings. The molecule has 2 aromatic rings. The van der Waals surface area contributed by atoms with E-state index in [4.69, 9.17) is 4.74 Å². The molecule has 0 spiro atoms. The molecule has 0 unspecified atom stereocenters. The van der Waals surface area contributed by atoms with Crippen molar-refractivity contribution in [3.05, 3.63) is 71.3 Å². The van der Waals surface area contributed by atoms with Gasteiger partial charge in [0.1, 0.15) is 12.1 Å². The SMILES string of the molecule is O=C(NC1(C(=O)N2CC=C(C(=O)O)CC2)CCCC1)OCC1c2ccccc2-c2ccccc21. The third-order valence-corrected chi connectivity index (χ3v) is 7.32. The average molecular weight is 461 g/mol. The predicted octanol–water partition coefficient (Wildman–Crippen LogP) is 4.08. The summed E-state index contributed by atoms with van der Waals surface area (Å²) in [7, 11) is 0. The van der Waals surface area contributed by atoms with Gasteiger partial charge in [0.25, 0.3) is 0 Å². The van der Waals surface area contributed by atoms with Crippen LogP contribution in [0.25, 0.3) is 11.1 Å². The van der Waals surface area contributed by atoms with Gasteiger partial charge < -0.3 is 20.1 Å². The minimum absolute atomic E-state index is 0.0462. The Bertz CT molecular complexity index is 1120. The molecule has 5 rings (SSSR count). The third-order valence-electron chi connectivity index (χ3n) is 7.32. The summed E-state index contributed by atoms with van der Waals surface area (Å²) in [6.45, 7) is 0.776. The molecule has 1 saturated carbocycles. The summed E-state index contributed by atoms with van der Waals surface area (Å²) in [5.41, 5.74) is 3.93. The van der Waals surface area contributed by atoms with Crippen LogP contribution in [0, 0.1) is 0 Å². The molecule has 3 aliphatic rings. The van der Waals surface area contributed by atoms with Gasteiger partial charge in [-0.1, -0.05) is 67.4 Å². The van der Waals surface area contributed by atoms with E-state index in [1.54, 1.807) is 11.0 Å². The maximum Gasteiger partial charge on any atom is 0.408 e. The summed E-state index contributed by atoms with van der Waals surface area (Å²) in [6.07, 6.45) is 4.11. The first-order valence-corrected chi connectivity index (χ1v) is 11.8. The Kier molecular flexibility index (Phi) is 5.86. The minimum Gasteiger partial charge on any atom is -0.478 e. The Morgan fingerprint density at radius 3 is 2.18 bits per heavy atom. The number of hydrogen-bond acceptors (Lipinski definition) is 4. The number of nitrogens with one attached hydrogen (secondary N) is 1. The highest BCUT2D eigenvalue weighted by Crippen LogP contribution is 2.44. The summed E-state index contributed by atoms with van der Waals surface area (Å²) >= 11 is 0. The van der Waals surface area contributed by atoms with E-state index in [1.165, 1.54) is 0 Å². The first-order valence-electron chi connectivity index (χ1n) is 11.8. The lowest BCUT2D eigenvalue weighted by Gasteiger charge is -2.36. The molecule has 2 N–H and O–H groups in total. The molecule has 7 nitrogen and oxygen atoms in total. The number of carbonyl (C=O) groups is 3. The van der Waals surface area contributed by atoms with Crippen molar-refractivity contribution >= 4 is 18.0 Å². The van der Waals surface area contributed by atoms with Crippen molar-refractivity contribution in [1.82, 2.24) is 10.2 Å². The lowest BCUT2D eigenvalue weighted by molar-refractivity contribution is -0.139. The number of carboxylic acid groups (broad SMARTS) is 1. The molecule has 0 aromatic heterocycles. The van der Waals surface area contributed by atoms with Crippen molar-refractivity contribution < 1.29 is 24.2 Å². The highest BCUT2D eigenvalue weighted by atomic mass is 16.5. The molecule has 0 atom stereocenters. The molecule has 0 radical (unpaired) electrons. The van der Waals surface area contributed by atoms with E-state index in [9.17, 15) is 19.5 Å². The normalized spacial score (nSPS) is 18.6. The van der Waals surface area contributed by atoms with Crippen molar-refractivity contribution in [3.8, 4) is 11.1 Å². The lowest BCUT2D eigenvalue weighted by Crippen LogP contribution is -2.59. The molecule has 176 valence electrons. The van der Waals surface area contributed by atoms with Gasteiger partial charge in [0, 0.05) is 24.6 Å². The summed E-state index contributed by atoms with van der Waals surface area (Å²) in [4.78, 5) is 39.1. The van der Waals surface area contributed by atoms with Crippen molar-refractivity contribution in [2.75, 3.05) is 19.7 Å². The van der Waals surface area contributed by atoms with Crippen molar-refractivity contribution in [2.45, 2.75) is 43.6 Å². The summed E-state index contributed by atoms with van der Waals surface area (Å²) in [5.74, 6) is -1.14. The van der Waals surface area contributed by atoms with Crippen LogP contribution in [0.2, 0.25) is 0 Å². The van der Waals surface area contributed by atoms with Crippen molar-refractivity contribution in [2.24, 2.45) is 0 Å². The van der Waals surface area contributed by atoms with E-state index in [0.717, 1.165) is 35.1 Å². The van der Waals surface area contributed by atoms with Gasteiger partial charge in [-0.05, 0) is 41.5 Å². The second-order valence-corrected chi connectivity index (χ2v) is 9.28. The monoisotopic (exact) mass is 460 g/mol. The van der Waals surface area contributed by atoms with Gasteiger partial charge in [0.05, 0.1) is 0 Å². The second kappa shape index (κ2) is 8.97. The van der Waals surface area contributed by atoms with Gasteiger partial charge in [-0.25, -0.2) is 9.59 Å². The Morgan fingerprint density at radius 1 is 1.00 bits per heavy atom. The molecule has 0 saturated heterocycles. The average Bonchev–Trinajstić information content (AvgIpc) is 3.46. The highest BCUT2D eigenvalue weighted by molar-refractivity contribution is 5.92. The first kappa shape index (κ1) is 22.2. The predicted molar refractivity (Wildman–Crippen MR) is 126 cm³/mol. The Morgan fingerprint density at radius 2 is 1.62 bits per heavy atom. The highest BCUT2D eigenvalue weighted by Gasteiger charge is 2.45. The van der Waals surface area contributed by atoms with Crippen LogP contribution in [0.5, 0.6) is 0 Å². The molecular formula is C27H28N2O5. The van der Waals surface area contributed by atoms with Gasteiger partial charge in [0.2, 0.25) is 5.91 Å². The number of carbonyl (C=O) groups excluding carboxylic acids is 2. The molecule has 1 aliphatic heterocycles. The maximum absolute atomic E-state index is 13.4. The Hall–Kier alpha value is -3.61. The number of rotatable bonds is 5. The van der Waals surface area contributed by atoms with Crippen LogP contribution in [-0.2, 0) is 14.3 Å². The zero-order valence-electron chi connectivity index (χ0n) is 19.0. The van der Waals surface area contributed by atoms with E-state index in [2.05, 4.69) is 29.6 Å². The molecular weight excluding hydrogens is 432 g/mol. The van der Waals surface area contributed by atoms with Crippen molar-refractivity contribution in [1.29, 1.82) is 0 Å². The summed E-state index contributed by atoms with van der Waals surface area (Å²) in [6, 6.07) is 16.3. The largest absolute Gasteiger partial charge is 0.478 e. The number of benzene rings is 2. The number of amides is 2. The van der Waals surface area contributed by atoms with Crippen molar-refractivity contribution in [3.63, 3.8) is 0 Å². The quantitative estimate of drug-likeness (QED) is 0.701. The number of alkyl carbamates (subject to hydrolysis) is 1. The van der Waals surface area contributed by atoms with Crippen LogP contribution in [-0.4, -0.2) is 53.2 Å². The topological polar surface area (TPSA) is 95.9 Å². The lowest BCUT2D eigenvalue weighted by atomic mass is 9.94. The minimum atomic E-state index is -0.989. The number of aliphatic carboxylic acids is 1. The number of ether oxygens (including phenoxy) is 1. The standard InChI is InChI=1S/C27H28N2O5/c30-24(31)18-11-15-29(16-12-18)25(32)27(13-5-6-14-27)28-26(33)34-17-23-21-9-3-1-7-19(21)20-8-2-4-10-22(20)23/h1-4,7-11,23H,5-6,12-17H2,(H,28,33)(H,30,31). The molecule has 1 heterocycles. The Balaban J connectivity index is 1.27. The summed E-state index contributed by atoms with van der Waals surface area (Å²) < 4.78 is 5.70. The van der Waals surface area contributed by atoms with Crippen LogP contribution in [0.4, 0.5) is 4.79 Å². The van der Waals surface area contributed by atoms with Crippen LogP contribution in [0.1, 0.15) is 49.1 Å². The first-order chi connectivity index (χ1) is 16.5. The van der Waals surface area contributed by atoms with E-state index in [1.807, 2.05) is 24.3 Å².